The van der Waals surface area contributed by atoms with Gasteiger partial charge in [-0.25, -0.2) is 17.6 Å². The molecule has 8 heteroatoms. The van der Waals surface area contributed by atoms with E-state index in [0.717, 1.165) is 31.7 Å². The predicted molar refractivity (Wildman–Crippen MR) is 99.4 cm³/mol. The first-order valence-electron chi connectivity index (χ1n) is 8.93. The Morgan fingerprint density at radius 2 is 1.68 bits per heavy atom. The number of hydrogen-bond acceptors (Lipinski definition) is 3. The third-order valence-corrected chi connectivity index (χ3v) is 5.91. The molecule has 3 nitrogen and oxygen atoms in total. The Balaban J connectivity index is 1.75. The Morgan fingerprint density at radius 1 is 1.00 bits per heavy atom. The van der Waals surface area contributed by atoms with Gasteiger partial charge in [0.25, 0.3) is 5.91 Å². The van der Waals surface area contributed by atoms with E-state index in [2.05, 4.69) is 5.32 Å². The predicted octanol–water partition coefficient (Wildman–Crippen LogP) is 5.28. The van der Waals surface area contributed by atoms with Crippen molar-refractivity contribution < 1.29 is 27.5 Å². The number of aliphatic hydroxyl groups is 1. The Bertz CT molecular complexity index is 854. The van der Waals surface area contributed by atoms with E-state index < -0.39 is 35.3 Å². The number of amides is 1. The van der Waals surface area contributed by atoms with E-state index in [4.69, 9.17) is 0 Å². The lowest BCUT2D eigenvalue weighted by Crippen LogP contribution is -2.14. The normalized spacial score (nSPS) is 19.9. The summed E-state index contributed by atoms with van der Waals surface area (Å²) in [7, 11) is 0. The van der Waals surface area contributed by atoms with E-state index in [-0.39, 0.29) is 21.4 Å². The number of thioether (sulfide) groups is 1. The first kappa shape index (κ1) is 20.7. The molecule has 1 unspecified atom stereocenters. The maximum atomic E-state index is 14.2. The summed E-state index contributed by atoms with van der Waals surface area (Å²) in [6, 6.07) is 5.11. The van der Waals surface area contributed by atoms with Gasteiger partial charge in [-0.3, -0.25) is 4.79 Å². The van der Waals surface area contributed by atoms with Crippen molar-refractivity contribution in [3.8, 4) is 0 Å². The summed E-state index contributed by atoms with van der Waals surface area (Å²) in [5.41, 5.74) is -0.143. The fourth-order valence-corrected chi connectivity index (χ4v) is 4.48. The number of carbonyl (C=O) groups excluding carboxylic acids is 1. The summed E-state index contributed by atoms with van der Waals surface area (Å²) >= 11 is 1.27. The zero-order chi connectivity index (χ0) is 20.3. The van der Waals surface area contributed by atoms with Gasteiger partial charge in [-0.15, -0.1) is 11.8 Å². The lowest BCUT2D eigenvalue weighted by molar-refractivity contribution is 0.102. The van der Waals surface area contributed by atoms with Crippen molar-refractivity contribution in [3.05, 3.63) is 59.2 Å². The van der Waals surface area contributed by atoms with E-state index in [0.29, 0.717) is 18.6 Å². The first-order valence-corrected chi connectivity index (χ1v) is 9.81. The molecule has 0 aromatic heterocycles. The molecule has 2 atom stereocenters. The second kappa shape index (κ2) is 8.96. The zero-order valence-corrected chi connectivity index (χ0v) is 15.7. The highest BCUT2D eigenvalue weighted by Gasteiger charge is 2.21. The minimum absolute atomic E-state index is 0.0330. The first-order chi connectivity index (χ1) is 13.3. The highest BCUT2D eigenvalue weighted by Crippen LogP contribution is 2.35. The van der Waals surface area contributed by atoms with Gasteiger partial charge in [-0.05, 0) is 37.5 Å². The van der Waals surface area contributed by atoms with Crippen LogP contribution in [0.2, 0.25) is 0 Å². The van der Waals surface area contributed by atoms with Gasteiger partial charge in [0, 0.05) is 33.5 Å². The Hall–Kier alpha value is -2.06. The molecular weight excluding hydrogens is 394 g/mol. The van der Waals surface area contributed by atoms with Gasteiger partial charge in [-0.2, -0.15) is 0 Å². The van der Waals surface area contributed by atoms with E-state index in [1.807, 2.05) is 0 Å². The highest BCUT2D eigenvalue weighted by molar-refractivity contribution is 8.00. The summed E-state index contributed by atoms with van der Waals surface area (Å²) in [4.78, 5) is 12.6. The standard InChI is InChI=1S/C20H19F4NO2S/c21-15-6-5-11(7-18(15)28-14-4-2-1-3-13(26)10-14)20(27)25-12-8-16(22)19(24)17(23)9-12/h5-9,13-14,26H,1-4,10H2,(H,25,27)/t13-,14?/m0/s1. The molecule has 0 heterocycles. The number of halogens is 4. The summed E-state index contributed by atoms with van der Waals surface area (Å²) in [6.07, 6.45) is 3.57. The molecular formula is C20H19F4NO2S. The number of nitrogens with one attached hydrogen (secondary N) is 1. The maximum absolute atomic E-state index is 14.2. The second-order valence-electron chi connectivity index (χ2n) is 6.77. The average molecular weight is 413 g/mol. The van der Waals surface area contributed by atoms with E-state index in [1.54, 1.807) is 0 Å². The fraction of sp³-hybridized carbons (Fsp3) is 0.350. The van der Waals surface area contributed by atoms with Crippen LogP contribution in [0.4, 0.5) is 23.2 Å². The lowest BCUT2D eigenvalue weighted by atomic mass is 10.2. The number of hydrogen-bond donors (Lipinski definition) is 2. The number of anilines is 1. The molecule has 1 saturated carbocycles. The quantitative estimate of drug-likeness (QED) is 0.407. The fourth-order valence-electron chi connectivity index (χ4n) is 3.14. The molecule has 0 aliphatic heterocycles. The SMILES string of the molecule is O=C(Nc1cc(F)c(F)c(F)c1)c1ccc(F)c(SC2CCCC[C@H](O)C2)c1. The van der Waals surface area contributed by atoms with Crippen LogP contribution in [0.3, 0.4) is 0 Å². The molecule has 2 N–H and O–H groups in total. The van der Waals surface area contributed by atoms with Crippen molar-refractivity contribution in [2.45, 2.75) is 48.4 Å². The molecule has 0 spiro atoms. The Morgan fingerprint density at radius 3 is 2.39 bits per heavy atom. The average Bonchev–Trinajstić information content (AvgIpc) is 2.85. The summed E-state index contributed by atoms with van der Waals surface area (Å²) in [5, 5.41) is 12.2. The Kier molecular flexibility index (Phi) is 6.61. The van der Waals surface area contributed by atoms with Crippen LogP contribution >= 0.6 is 11.8 Å². The van der Waals surface area contributed by atoms with Crippen LogP contribution in [0.5, 0.6) is 0 Å². The van der Waals surface area contributed by atoms with Gasteiger partial charge in [0.2, 0.25) is 0 Å². The van der Waals surface area contributed by atoms with Crippen molar-refractivity contribution in [1.82, 2.24) is 0 Å². The summed E-state index contributed by atoms with van der Waals surface area (Å²) in [6.45, 7) is 0. The van der Waals surface area contributed by atoms with E-state index in [9.17, 15) is 27.5 Å². The van der Waals surface area contributed by atoms with Crippen LogP contribution in [0.1, 0.15) is 42.5 Å². The zero-order valence-electron chi connectivity index (χ0n) is 14.9. The molecule has 0 bridgehead atoms. The highest BCUT2D eigenvalue weighted by atomic mass is 32.2. The van der Waals surface area contributed by atoms with Crippen LogP contribution in [-0.4, -0.2) is 22.4 Å². The van der Waals surface area contributed by atoms with Gasteiger partial charge < -0.3 is 10.4 Å². The number of carbonyl (C=O) groups is 1. The minimum Gasteiger partial charge on any atom is -0.393 e. The molecule has 1 amide bonds. The van der Waals surface area contributed by atoms with Crippen LogP contribution in [0.15, 0.2) is 35.2 Å². The van der Waals surface area contributed by atoms with Crippen molar-refractivity contribution in [1.29, 1.82) is 0 Å². The van der Waals surface area contributed by atoms with Crippen molar-refractivity contribution in [2.75, 3.05) is 5.32 Å². The molecule has 2 aromatic rings. The van der Waals surface area contributed by atoms with Gasteiger partial charge in [0.1, 0.15) is 5.82 Å². The second-order valence-corrected chi connectivity index (χ2v) is 8.11. The molecule has 1 aliphatic rings. The van der Waals surface area contributed by atoms with Gasteiger partial charge in [-0.1, -0.05) is 12.8 Å². The van der Waals surface area contributed by atoms with Gasteiger partial charge in [0.05, 0.1) is 6.10 Å². The van der Waals surface area contributed by atoms with Crippen molar-refractivity contribution >= 4 is 23.4 Å². The molecule has 3 rings (SSSR count). The smallest absolute Gasteiger partial charge is 0.255 e. The van der Waals surface area contributed by atoms with Gasteiger partial charge in [0.15, 0.2) is 17.5 Å². The summed E-state index contributed by atoms with van der Waals surface area (Å²) < 4.78 is 53.8. The number of aliphatic hydroxyl groups excluding tert-OH is 1. The third kappa shape index (κ3) is 5.05. The molecule has 1 fully saturated rings. The van der Waals surface area contributed by atoms with Crippen LogP contribution < -0.4 is 5.32 Å². The minimum atomic E-state index is -1.62. The largest absolute Gasteiger partial charge is 0.393 e. The van der Waals surface area contributed by atoms with Crippen molar-refractivity contribution in [3.63, 3.8) is 0 Å². The number of benzene rings is 2. The molecule has 0 radical (unpaired) electrons. The van der Waals surface area contributed by atoms with E-state index >= 15 is 0 Å². The van der Waals surface area contributed by atoms with Crippen molar-refractivity contribution in [2.24, 2.45) is 0 Å². The lowest BCUT2D eigenvalue weighted by Gasteiger charge is -2.17. The van der Waals surface area contributed by atoms with Crippen LogP contribution in [-0.2, 0) is 0 Å². The van der Waals surface area contributed by atoms with Gasteiger partial charge >= 0.3 is 0 Å². The summed E-state index contributed by atoms with van der Waals surface area (Å²) in [5.74, 6) is -5.65. The Labute approximate surface area is 164 Å². The van der Waals surface area contributed by atoms with Crippen LogP contribution in [0, 0.1) is 23.3 Å². The topological polar surface area (TPSA) is 49.3 Å². The molecule has 150 valence electrons. The monoisotopic (exact) mass is 413 g/mol. The molecule has 0 saturated heterocycles. The molecule has 28 heavy (non-hydrogen) atoms. The van der Waals surface area contributed by atoms with Crippen LogP contribution in [0.25, 0.3) is 0 Å². The molecule has 1 aliphatic carbocycles. The third-order valence-electron chi connectivity index (χ3n) is 4.58. The van der Waals surface area contributed by atoms with E-state index in [1.165, 1.54) is 23.9 Å². The number of rotatable bonds is 4. The maximum Gasteiger partial charge on any atom is 0.255 e. The molecule has 2 aromatic carbocycles.